The maximum Gasteiger partial charge on any atom is 0.274 e. The number of hydrogen-bond donors (Lipinski definition) is 0. The van der Waals surface area contributed by atoms with Gasteiger partial charge in [-0.2, -0.15) is 0 Å². The second-order valence-corrected chi connectivity index (χ2v) is 5.11. The first kappa shape index (κ1) is 13.6. The molecule has 1 saturated heterocycles. The van der Waals surface area contributed by atoms with Gasteiger partial charge in [0.05, 0.1) is 17.2 Å². The van der Waals surface area contributed by atoms with Gasteiger partial charge in [-0.15, -0.1) is 0 Å². The number of pyridine rings is 1. The van der Waals surface area contributed by atoms with Crippen LogP contribution in [0.25, 0.3) is 0 Å². The third-order valence-electron chi connectivity index (χ3n) is 3.17. The SMILES string of the molecule is CC1OCCC1N(C)C(=O)c1nc(Cl)ccc1Cl. The van der Waals surface area contributed by atoms with E-state index in [1.807, 2.05) is 6.92 Å². The second kappa shape index (κ2) is 5.43. The lowest BCUT2D eigenvalue weighted by Crippen LogP contribution is -2.41. The highest BCUT2D eigenvalue weighted by Crippen LogP contribution is 2.23. The van der Waals surface area contributed by atoms with E-state index in [1.165, 1.54) is 0 Å². The zero-order valence-electron chi connectivity index (χ0n) is 10.2. The van der Waals surface area contributed by atoms with Crippen LogP contribution in [0.1, 0.15) is 23.8 Å². The first-order valence-electron chi connectivity index (χ1n) is 5.71. The molecule has 0 radical (unpaired) electrons. The number of amides is 1. The summed E-state index contributed by atoms with van der Waals surface area (Å²) in [5.41, 5.74) is 0.186. The molecule has 0 aromatic carbocycles. The summed E-state index contributed by atoms with van der Waals surface area (Å²) < 4.78 is 5.45. The van der Waals surface area contributed by atoms with Crippen LogP contribution in [-0.4, -0.2) is 41.6 Å². The summed E-state index contributed by atoms with van der Waals surface area (Å²) in [4.78, 5) is 17.9. The Morgan fingerprint density at radius 1 is 1.50 bits per heavy atom. The zero-order chi connectivity index (χ0) is 13.3. The van der Waals surface area contributed by atoms with E-state index in [2.05, 4.69) is 4.98 Å². The van der Waals surface area contributed by atoms with Crippen molar-refractivity contribution < 1.29 is 9.53 Å². The molecule has 0 aliphatic carbocycles. The van der Waals surface area contributed by atoms with Gasteiger partial charge in [0, 0.05) is 13.7 Å². The molecule has 1 aromatic rings. The van der Waals surface area contributed by atoms with Gasteiger partial charge in [-0.1, -0.05) is 23.2 Å². The van der Waals surface area contributed by atoms with Crippen LogP contribution in [-0.2, 0) is 4.74 Å². The minimum atomic E-state index is -0.232. The molecule has 0 spiro atoms. The molecule has 4 nitrogen and oxygen atoms in total. The fourth-order valence-electron chi connectivity index (χ4n) is 2.11. The molecule has 1 aliphatic rings. The van der Waals surface area contributed by atoms with Gasteiger partial charge >= 0.3 is 0 Å². The Morgan fingerprint density at radius 3 is 2.83 bits per heavy atom. The lowest BCUT2D eigenvalue weighted by molar-refractivity contribution is 0.0570. The number of rotatable bonds is 2. The summed E-state index contributed by atoms with van der Waals surface area (Å²) in [5, 5.41) is 0.565. The van der Waals surface area contributed by atoms with E-state index < -0.39 is 0 Å². The molecule has 2 heterocycles. The molecule has 1 fully saturated rings. The van der Waals surface area contributed by atoms with Gasteiger partial charge in [0.2, 0.25) is 0 Å². The van der Waals surface area contributed by atoms with Crippen molar-refractivity contribution in [1.82, 2.24) is 9.88 Å². The van der Waals surface area contributed by atoms with Crippen LogP contribution in [0, 0.1) is 0 Å². The molecule has 1 aromatic heterocycles. The lowest BCUT2D eigenvalue weighted by Gasteiger charge is -2.26. The third kappa shape index (κ3) is 2.60. The minimum absolute atomic E-state index is 0.0249. The third-order valence-corrected chi connectivity index (χ3v) is 3.68. The monoisotopic (exact) mass is 288 g/mol. The van der Waals surface area contributed by atoms with Gasteiger partial charge in [0.25, 0.3) is 5.91 Å². The second-order valence-electron chi connectivity index (χ2n) is 4.31. The first-order valence-corrected chi connectivity index (χ1v) is 6.47. The number of hydrogen-bond acceptors (Lipinski definition) is 3. The van der Waals surface area contributed by atoms with E-state index in [1.54, 1.807) is 24.1 Å². The van der Waals surface area contributed by atoms with Crippen molar-refractivity contribution in [2.45, 2.75) is 25.5 Å². The molecule has 6 heteroatoms. The number of likely N-dealkylation sites (N-methyl/N-ethyl adjacent to an activating group) is 1. The molecular formula is C12H14Cl2N2O2. The van der Waals surface area contributed by atoms with Gasteiger partial charge in [-0.3, -0.25) is 4.79 Å². The van der Waals surface area contributed by atoms with Crippen LogP contribution >= 0.6 is 23.2 Å². The first-order chi connectivity index (χ1) is 8.50. The Labute approximate surface area is 116 Å². The Morgan fingerprint density at radius 2 is 2.22 bits per heavy atom. The van der Waals surface area contributed by atoms with Crippen LogP contribution in [0.2, 0.25) is 10.2 Å². The van der Waals surface area contributed by atoms with Crippen molar-refractivity contribution in [3.8, 4) is 0 Å². The quantitative estimate of drug-likeness (QED) is 0.786. The van der Waals surface area contributed by atoms with Crippen LogP contribution in [0.15, 0.2) is 12.1 Å². The Kier molecular flexibility index (Phi) is 4.10. The highest BCUT2D eigenvalue weighted by Gasteiger charge is 2.32. The Bertz CT molecular complexity index is 467. The topological polar surface area (TPSA) is 42.4 Å². The number of aromatic nitrogens is 1. The predicted molar refractivity (Wildman–Crippen MR) is 70.2 cm³/mol. The average molecular weight is 289 g/mol. The van der Waals surface area contributed by atoms with E-state index in [-0.39, 0.29) is 28.9 Å². The van der Waals surface area contributed by atoms with E-state index in [4.69, 9.17) is 27.9 Å². The highest BCUT2D eigenvalue weighted by molar-refractivity contribution is 6.34. The van der Waals surface area contributed by atoms with Crippen LogP contribution in [0.4, 0.5) is 0 Å². The maximum atomic E-state index is 12.3. The van der Waals surface area contributed by atoms with Crippen molar-refractivity contribution in [2.24, 2.45) is 0 Å². The van der Waals surface area contributed by atoms with Crippen molar-refractivity contribution in [1.29, 1.82) is 0 Å². The van der Waals surface area contributed by atoms with Crippen molar-refractivity contribution >= 4 is 29.1 Å². The summed E-state index contributed by atoms with van der Waals surface area (Å²) in [6.07, 6.45) is 0.846. The van der Waals surface area contributed by atoms with Gasteiger partial charge in [0.15, 0.2) is 0 Å². The summed E-state index contributed by atoms with van der Waals surface area (Å²) >= 11 is 11.8. The number of halogens is 2. The van der Waals surface area contributed by atoms with E-state index in [0.717, 1.165) is 6.42 Å². The number of nitrogens with zero attached hydrogens (tertiary/aromatic N) is 2. The lowest BCUT2D eigenvalue weighted by atomic mass is 10.1. The summed E-state index contributed by atoms with van der Waals surface area (Å²) in [6.45, 7) is 2.62. The smallest absolute Gasteiger partial charge is 0.274 e. The molecule has 0 bridgehead atoms. The number of carbonyl (C=O) groups is 1. The average Bonchev–Trinajstić information content (AvgIpc) is 2.77. The number of ether oxygens (including phenoxy) is 1. The largest absolute Gasteiger partial charge is 0.376 e. The maximum absolute atomic E-state index is 12.3. The molecule has 1 aliphatic heterocycles. The van der Waals surface area contributed by atoms with Crippen molar-refractivity contribution in [3.63, 3.8) is 0 Å². The number of carbonyl (C=O) groups excluding carboxylic acids is 1. The summed E-state index contributed by atoms with van der Waals surface area (Å²) in [5.74, 6) is -0.232. The molecule has 98 valence electrons. The predicted octanol–water partition coefficient (Wildman–Crippen LogP) is 2.64. The van der Waals surface area contributed by atoms with Gasteiger partial charge in [0.1, 0.15) is 10.8 Å². The van der Waals surface area contributed by atoms with Crippen molar-refractivity contribution in [3.05, 3.63) is 28.0 Å². The van der Waals surface area contributed by atoms with E-state index in [0.29, 0.717) is 11.6 Å². The zero-order valence-corrected chi connectivity index (χ0v) is 11.7. The standard InChI is InChI=1S/C12H14Cl2N2O2/c1-7-9(5-6-18-7)16(2)12(17)11-8(13)3-4-10(14)15-11/h3-4,7,9H,5-6H2,1-2H3. The molecule has 1 amide bonds. The molecule has 0 N–H and O–H groups in total. The molecule has 2 unspecified atom stereocenters. The minimum Gasteiger partial charge on any atom is -0.376 e. The van der Waals surface area contributed by atoms with Gasteiger partial charge in [-0.25, -0.2) is 4.98 Å². The summed E-state index contributed by atoms with van der Waals surface area (Å²) in [7, 11) is 1.73. The summed E-state index contributed by atoms with van der Waals surface area (Å²) in [6, 6.07) is 3.18. The molecular weight excluding hydrogens is 275 g/mol. The van der Waals surface area contributed by atoms with E-state index >= 15 is 0 Å². The molecule has 2 rings (SSSR count). The van der Waals surface area contributed by atoms with Gasteiger partial charge in [-0.05, 0) is 25.5 Å². The Hall–Kier alpha value is -0.840. The Balaban J connectivity index is 2.22. The molecule has 2 atom stereocenters. The van der Waals surface area contributed by atoms with Crippen LogP contribution in [0.3, 0.4) is 0 Å². The van der Waals surface area contributed by atoms with Crippen LogP contribution in [0.5, 0.6) is 0 Å². The van der Waals surface area contributed by atoms with E-state index in [9.17, 15) is 4.79 Å². The fourth-order valence-corrected chi connectivity index (χ4v) is 2.45. The highest BCUT2D eigenvalue weighted by atomic mass is 35.5. The van der Waals surface area contributed by atoms with Gasteiger partial charge < -0.3 is 9.64 Å². The van der Waals surface area contributed by atoms with Crippen LogP contribution < -0.4 is 0 Å². The normalized spacial score (nSPS) is 23.1. The van der Waals surface area contributed by atoms with Crippen molar-refractivity contribution in [2.75, 3.05) is 13.7 Å². The fraction of sp³-hybridized carbons (Fsp3) is 0.500. The molecule has 18 heavy (non-hydrogen) atoms. The molecule has 0 saturated carbocycles.